The van der Waals surface area contributed by atoms with Crippen LogP contribution in [0, 0.1) is 6.92 Å². The fourth-order valence-corrected chi connectivity index (χ4v) is 3.61. The summed E-state index contributed by atoms with van der Waals surface area (Å²) in [6.07, 6.45) is 0. The molecule has 2 N–H and O–H groups in total. The fourth-order valence-electron chi connectivity index (χ4n) is 2.61. The molecule has 0 unspecified atom stereocenters. The molecule has 0 saturated heterocycles. The zero-order valence-corrected chi connectivity index (χ0v) is 16.9. The SMILES string of the molecule is COc1ccc(S(=O)(=O)NCc2nc(-c3cccc(C)c3)no2)cc1NC(C)=O. The van der Waals surface area contributed by atoms with Gasteiger partial charge in [-0.05, 0) is 31.2 Å². The number of aryl methyl sites for hydroxylation is 1. The van der Waals surface area contributed by atoms with E-state index in [9.17, 15) is 13.2 Å². The van der Waals surface area contributed by atoms with Crippen LogP contribution >= 0.6 is 0 Å². The van der Waals surface area contributed by atoms with Gasteiger partial charge in [-0.15, -0.1) is 0 Å². The van der Waals surface area contributed by atoms with Crippen LogP contribution in [0.3, 0.4) is 0 Å². The zero-order chi connectivity index (χ0) is 21.0. The first kappa shape index (κ1) is 20.5. The zero-order valence-electron chi connectivity index (χ0n) is 16.1. The lowest BCUT2D eigenvalue weighted by atomic mass is 10.1. The van der Waals surface area contributed by atoms with Crippen LogP contribution < -0.4 is 14.8 Å². The first-order chi connectivity index (χ1) is 13.8. The Hall–Kier alpha value is -3.24. The summed E-state index contributed by atoms with van der Waals surface area (Å²) in [7, 11) is -2.46. The molecule has 3 rings (SSSR count). The Morgan fingerprint density at radius 1 is 1.21 bits per heavy atom. The minimum absolute atomic E-state index is 0.0412. The third-order valence-corrected chi connectivity index (χ3v) is 5.35. The van der Waals surface area contributed by atoms with Gasteiger partial charge in [-0.1, -0.05) is 28.9 Å². The Balaban J connectivity index is 1.76. The van der Waals surface area contributed by atoms with Crippen molar-refractivity contribution in [3.05, 3.63) is 53.9 Å². The molecular weight excluding hydrogens is 396 g/mol. The third-order valence-electron chi connectivity index (χ3n) is 3.95. The van der Waals surface area contributed by atoms with Gasteiger partial charge < -0.3 is 14.6 Å². The van der Waals surface area contributed by atoms with E-state index in [0.717, 1.165) is 11.1 Å². The highest BCUT2D eigenvalue weighted by molar-refractivity contribution is 7.89. The molecule has 3 aromatic rings. The van der Waals surface area contributed by atoms with Crippen molar-refractivity contribution in [3.63, 3.8) is 0 Å². The van der Waals surface area contributed by atoms with Crippen LogP contribution in [0.15, 0.2) is 51.9 Å². The van der Waals surface area contributed by atoms with E-state index in [-0.39, 0.29) is 28.9 Å². The third kappa shape index (κ3) is 4.98. The molecule has 0 bridgehead atoms. The Morgan fingerprint density at radius 2 is 2.00 bits per heavy atom. The highest BCUT2D eigenvalue weighted by atomic mass is 32.2. The molecule has 0 atom stereocenters. The lowest BCUT2D eigenvalue weighted by Gasteiger charge is -2.11. The Morgan fingerprint density at radius 3 is 2.69 bits per heavy atom. The van der Waals surface area contributed by atoms with E-state index in [2.05, 4.69) is 20.2 Å². The van der Waals surface area contributed by atoms with Crippen LogP contribution in [0.4, 0.5) is 5.69 Å². The van der Waals surface area contributed by atoms with Gasteiger partial charge in [0, 0.05) is 12.5 Å². The van der Waals surface area contributed by atoms with E-state index in [4.69, 9.17) is 9.26 Å². The van der Waals surface area contributed by atoms with Gasteiger partial charge in [0.25, 0.3) is 0 Å². The summed E-state index contributed by atoms with van der Waals surface area (Å²) >= 11 is 0. The molecule has 0 aliphatic carbocycles. The Kier molecular flexibility index (Phi) is 5.95. The van der Waals surface area contributed by atoms with E-state index in [1.165, 1.54) is 32.2 Å². The van der Waals surface area contributed by atoms with E-state index >= 15 is 0 Å². The fraction of sp³-hybridized carbons (Fsp3) is 0.211. The minimum Gasteiger partial charge on any atom is -0.495 e. The van der Waals surface area contributed by atoms with Gasteiger partial charge in [0.15, 0.2) is 0 Å². The van der Waals surface area contributed by atoms with Crippen LogP contribution in [-0.4, -0.2) is 31.6 Å². The highest BCUT2D eigenvalue weighted by Gasteiger charge is 2.19. The van der Waals surface area contributed by atoms with Crippen LogP contribution in [0.1, 0.15) is 18.4 Å². The Bertz CT molecular complexity index is 1140. The monoisotopic (exact) mass is 416 g/mol. The lowest BCUT2D eigenvalue weighted by Crippen LogP contribution is -2.23. The van der Waals surface area contributed by atoms with E-state index in [0.29, 0.717) is 11.6 Å². The highest BCUT2D eigenvalue weighted by Crippen LogP contribution is 2.27. The number of methoxy groups -OCH3 is 1. The minimum atomic E-state index is -3.89. The van der Waals surface area contributed by atoms with Crippen molar-refractivity contribution in [2.45, 2.75) is 25.3 Å². The van der Waals surface area contributed by atoms with Crippen molar-refractivity contribution in [1.82, 2.24) is 14.9 Å². The van der Waals surface area contributed by atoms with Crippen LogP contribution in [0.5, 0.6) is 5.75 Å². The maximum atomic E-state index is 12.6. The average Bonchev–Trinajstić information content (AvgIpc) is 3.15. The predicted octanol–water partition coefficient (Wildman–Crippen LogP) is 2.49. The molecule has 0 fully saturated rings. The van der Waals surface area contributed by atoms with E-state index in [1.54, 1.807) is 0 Å². The molecule has 0 aliphatic heterocycles. The molecule has 1 heterocycles. The number of sulfonamides is 1. The molecule has 9 nitrogen and oxygen atoms in total. The van der Waals surface area contributed by atoms with Crippen molar-refractivity contribution in [3.8, 4) is 17.1 Å². The van der Waals surface area contributed by atoms with Gasteiger partial charge in [0.1, 0.15) is 5.75 Å². The molecule has 0 aliphatic rings. The second kappa shape index (κ2) is 8.41. The summed E-state index contributed by atoms with van der Waals surface area (Å²) in [6, 6.07) is 11.7. The van der Waals surface area contributed by atoms with Crippen LogP contribution in [0.2, 0.25) is 0 Å². The number of anilines is 1. The molecule has 10 heteroatoms. The van der Waals surface area contributed by atoms with Gasteiger partial charge >= 0.3 is 0 Å². The first-order valence-electron chi connectivity index (χ1n) is 8.63. The smallest absolute Gasteiger partial charge is 0.242 e. The van der Waals surface area contributed by atoms with Crippen molar-refractivity contribution >= 4 is 21.6 Å². The second-order valence-corrected chi connectivity index (χ2v) is 8.02. The number of carbonyl (C=O) groups excluding carboxylic acids is 1. The summed E-state index contributed by atoms with van der Waals surface area (Å²) < 4.78 is 37.9. The largest absolute Gasteiger partial charge is 0.495 e. The molecular formula is C19H20N4O5S. The molecule has 2 aromatic carbocycles. The maximum absolute atomic E-state index is 12.6. The van der Waals surface area contributed by atoms with Gasteiger partial charge in [-0.25, -0.2) is 13.1 Å². The first-order valence-corrected chi connectivity index (χ1v) is 10.1. The number of carbonyl (C=O) groups is 1. The standard InChI is InChI=1S/C19H20N4O5S/c1-12-5-4-6-14(9-12)19-22-18(28-23-19)11-20-29(25,26)15-7-8-17(27-3)16(10-15)21-13(2)24/h4-10,20H,11H2,1-3H3,(H,21,24). The average molecular weight is 416 g/mol. The number of amides is 1. The van der Waals surface area contributed by atoms with Crippen molar-refractivity contribution in [1.29, 1.82) is 0 Å². The quantitative estimate of drug-likeness (QED) is 0.606. The predicted molar refractivity (Wildman–Crippen MR) is 106 cm³/mol. The van der Waals surface area contributed by atoms with Gasteiger partial charge in [-0.2, -0.15) is 4.98 Å². The number of ether oxygens (including phenoxy) is 1. The summed E-state index contributed by atoms with van der Waals surface area (Å²) in [4.78, 5) is 15.5. The normalized spacial score (nSPS) is 11.3. The Labute approximate surface area is 168 Å². The van der Waals surface area contributed by atoms with Gasteiger partial charge in [0.05, 0.1) is 24.2 Å². The van der Waals surface area contributed by atoms with Crippen molar-refractivity contribution < 1.29 is 22.5 Å². The van der Waals surface area contributed by atoms with E-state index < -0.39 is 10.0 Å². The number of nitrogens with one attached hydrogen (secondary N) is 2. The molecule has 29 heavy (non-hydrogen) atoms. The molecule has 0 spiro atoms. The molecule has 1 aromatic heterocycles. The topological polar surface area (TPSA) is 123 Å². The van der Waals surface area contributed by atoms with Gasteiger partial charge in [0.2, 0.25) is 27.6 Å². The van der Waals surface area contributed by atoms with Crippen LogP contribution in [-0.2, 0) is 21.4 Å². The number of hydrogen-bond donors (Lipinski definition) is 2. The van der Waals surface area contributed by atoms with Crippen LogP contribution in [0.25, 0.3) is 11.4 Å². The number of aromatic nitrogens is 2. The number of hydrogen-bond acceptors (Lipinski definition) is 7. The maximum Gasteiger partial charge on any atom is 0.242 e. The molecule has 1 amide bonds. The molecule has 0 saturated carbocycles. The number of benzene rings is 2. The summed E-state index contributed by atoms with van der Waals surface area (Å²) in [6.45, 7) is 3.09. The van der Waals surface area contributed by atoms with Crippen molar-refractivity contribution in [2.75, 3.05) is 12.4 Å². The molecule has 0 radical (unpaired) electrons. The number of rotatable bonds is 7. The molecule has 152 valence electrons. The number of nitrogens with zero attached hydrogens (tertiary/aromatic N) is 2. The lowest BCUT2D eigenvalue weighted by molar-refractivity contribution is -0.114. The summed E-state index contributed by atoms with van der Waals surface area (Å²) in [5, 5.41) is 6.43. The van der Waals surface area contributed by atoms with Crippen molar-refractivity contribution in [2.24, 2.45) is 0 Å². The second-order valence-electron chi connectivity index (χ2n) is 6.25. The van der Waals surface area contributed by atoms with Gasteiger partial charge in [-0.3, -0.25) is 4.79 Å². The summed E-state index contributed by atoms with van der Waals surface area (Å²) in [5.41, 5.74) is 2.07. The van der Waals surface area contributed by atoms with E-state index in [1.807, 2.05) is 31.2 Å². The summed E-state index contributed by atoms with van der Waals surface area (Å²) in [5.74, 6) is 0.500.